The smallest absolute Gasteiger partial charge is 0.335 e. The molecule has 1 unspecified atom stereocenters. The molecular weight excluding hydrogens is 434 g/mol. The van der Waals surface area contributed by atoms with Crippen molar-refractivity contribution in [1.29, 1.82) is 0 Å². The molecule has 0 N–H and O–H groups in total. The third-order valence-electron chi connectivity index (χ3n) is 5.76. The summed E-state index contributed by atoms with van der Waals surface area (Å²) in [6.45, 7) is 6.51. The van der Waals surface area contributed by atoms with E-state index in [1.54, 1.807) is 6.26 Å². The number of carbonyl (C=O) groups is 1. The number of carbonyl (C=O) groups excluding carboxylic acids is 1. The van der Waals surface area contributed by atoms with E-state index in [1.807, 2.05) is 44.2 Å². The van der Waals surface area contributed by atoms with Gasteiger partial charge in [-0.25, -0.2) is 9.78 Å². The predicted octanol–water partition coefficient (Wildman–Crippen LogP) is 5.66. The Balaban J connectivity index is 1.51. The summed E-state index contributed by atoms with van der Waals surface area (Å²) in [5, 5.41) is 0.814. The van der Waals surface area contributed by atoms with Crippen molar-refractivity contribution in [1.82, 2.24) is 4.98 Å². The molecule has 2 aromatic carbocycles. The van der Waals surface area contributed by atoms with Crippen LogP contribution >= 0.6 is 0 Å². The number of furan rings is 1. The largest absolute Gasteiger partial charge is 0.486 e. The van der Waals surface area contributed by atoms with Crippen LogP contribution in [0.5, 0.6) is 5.75 Å². The molecule has 7 heteroatoms. The van der Waals surface area contributed by atoms with E-state index in [2.05, 4.69) is 24.0 Å². The number of benzene rings is 2. The summed E-state index contributed by atoms with van der Waals surface area (Å²) in [6.07, 6.45) is 2.24. The summed E-state index contributed by atoms with van der Waals surface area (Å²) in [5.41, 5.74) is 4.42. The van der Waals surface area contributed by atoms with Crippen LogP contribution in [0, 0.1) is 6.92 Å². The first-order chi connectivity index (χ1) is 16.5. The van der Waals surface area contributed by atoms with E-state index in [9.17, 15) is 4.79 Å². The minimum absolute atomic E-state index is 0.256. The molecule has 0 saturated carbocycles. The maximum Gasteiger partial charge on any atom is 0.335 e. The minimum Gasteiger partial charge on any atom is -0.486 e. The molecule has 7 nitrogen and oxygen atoms in total. The molecule has 0 spiro atoms. The summed E-state index contributed by atoms with van der Waals surface area (Å²) in [6, 6.07) is 13.8. The lowest BCUT2D eigenvalue weighted by atomic mass is 10.0. The molecule has 0 aliphatic rings. The lowest BCUT2D eigenvalue weighted by molar-refractivity contribution is -0.153. The Morgan fingerprint density at radius 2 is 1.88 bits per heavy atom. The van der Waals surface area contributed by atoms with Crippen LogP contribution in [0.1, 0.15) is 36.4 Å². The average molecular weight is 464 g/mol. The monoisotopic (exact) mass is 463 g/mol. The second kappa shape index (κ2) is 10.6. The first kappa shape index (κ1) is 23.6. The number of oxazole rings is 1. The Hall–Kier alpha value is -3.58. The zero-order valence-corrected chi connectivity index (χ0v) is 19.9. The van der Waals surface area contributed by atoms with E-state index in [0.29, 0.717) is 36.0 Å². The molecule has 178 valence electrons. The maximum absolute atomic E-state index is 12.1. The van der Waals surface area contributed by atoms with Crippen LogP contribution in [0.25, 0.3) is 22.4 Å². The van der Waals surface area contributed by atoms with Crippen molar-refractivity contribution in [2.24, 2.45) is 0 Å². The molecule has 2 aromatic heterocycles. The summed E-state index contributed by atoms with van der Waals surface area (Å²) in [4.78, 5) is 16.7. The molecule has 34 heavy (non-hydrogen) atoms. The summed E-state index contributed by atoms with van der Waals surface area (Å²) < 4.78 is 28.1. The van der Waals surface area contributed by atoms with Gasteiger partial charge in [0.05, 0.1) is 18.8 Å². The highest BCUT2D eigenvalue weighted by Gasteiger charge is 2.23. The van der Waals surface area contributed by atoms with Crippen molar-refractivity contribution in [2.75, 3.05) is 13.7 Å². The third-order valence-corrected chi connectivity index (χ3v) is 5.76. The number of fused-ring (bicyclic) bond motifs is 1. The fourth-order valence-corrected chi connectivity index (χ4v) is 3.84. The van der Waals surface area contributed by atoms with Crippen molar-refractivity contribution < 1.29 is 27.8 Å². The predicted molar refractivity (Wildman–Crippen MR) is 128 cm³/mol. The van der Waals surface area contributed by atoms with Crippen LogP contribution in [0.15, 0.2) is 57.6 Å². The van der Waals surface area contributed by atoms with Crippen LogP contribution in [-0.4, -0.2) is 30.8 Å². The molecule has 0 fully saturated rings. The lowest BCUT2D eigenvalue weighted by Crippen LogP contribution is -2.28. The normalized spacial score (nSPS) is 12.1. The van der Waals surface area contributed by atoms with Gasteiger partial charge in [-0.15, -0.1) is 0 Å². The summed E-state index contributed by atoms with van der Waals surface area (Å²) in [7, 11) is 1.35. The van der Waals surface area contributed by atoms with Gasteiger partial charge in [0.25, 0.3) is 0 Å². The highest BCUT2D eigenvalue weighted by Crippen LogP contribution is 2.32. The van der Waals surface area contributed by atoms with Crippen molar-refractivity contribution >= 4 is 16.9 Å². The van der Waals surface area contributed by atoms with E-state index >= 15 is 0 Å². The van der Waals surface area contributed by atoms with Crippen LogP contribution in [0.3, 0.4) is 0 Å². The third kappa shape index (κ3) is 4.99. The molecule has 1 atom stereocenters. The fraction of sp³-hybridized carbons (Fsp3) is 0.333. The molecule has 0 bridgehead atoms. The van der Waals surface area contributed by atoms with Gasteiger partial charge in [-0.3, -0.25) is 0 Å². The van der Waals surface area contributed by atoms with Gasteiger partial charge in [0, 0.05) is 18.6 Å². The number of rotatable bonds is 10. The van der Waals surface area contributed by atoms with Gasteiger partial charge in [-0.05, 0) is 55.7 Å². The number of aryl methyl sites for hydroxylation is 2. The maximum atomic E-state index is 12.1. The van der Waals surface area contributed by atoms with E-state index in [-0.39, 0.29) is 6.61 Å². The molecular formula is C27H29NO6. The Labute approximate surface area is 198 Å². The standard InChI is InChI=1S/C27H29NO6/c1-5-18-7-9-19(10-8-18)26-28-22(17(3)34-26)16-33-23-12-11-20(25-21(23)13-14-32-25)15-24(31-6-2)27(29)30-4/h7-14,24H,5-6,15-16H2,1-4H3. The molecule has 0 aliphatic heterocycles. The Morgan fingerprint density at radius 1 is 1.09 bits per heavy atom. The van der Waals surface area contributed by atoms with Gasteiger partial charge < -0.3 is 23.0 Å². The van der Waals surface area contributed by atoms with Crippen LogP contribution < -0.4 is 4.74 Å². The SMILES string of the molecule is CCOC(Cc1ccc(OCc2nc(-c3ccc(CC)cc3)oc2C)c2ccoc12)C(=O)OC. The van der Waals surface area contributed by atoms with E-state index in [4.69, 9.17) is 23.0 Å². The number of esters is 1. The van der Waals surface area contributed by atoms with Crippen LogP contribution in [0.4, 0.5) is 0 Å². The molecule has 4 rings (SSSR count). The van der Waals surface area contributed by atoms with E-state index < -0.39 is 12.1 Å². The van der Waals surface area contributed by atoms with E-state index in [1.165, 1.54) is 12.7 Å². The van der Waals surface area contributed by atoms with E-state index in [0.717, 1.165) is 28.6 Å². The average Bonchev–Trinajstić information content (AvgIpc) is 3.50. The van der Waals surface area contributed by atoms with Gasteiger partial charge in [-0.1, -0.05) is 25.1 Å². The highest BCUT2D eigenvalue weighted by atomic mass is 16.6. The molecule has 4 aromatic rings. The van der Waals surface area contributed by atoms with Gasteiger partial charge in [-0.2, -0.15) is 0 Å². The van der Waals surface area contributed by atoms with Crippen molar-refractivity contribution in [3.05, 3.63) is 71.3 Å². The second-order valence-electron chi connectivity index (χ2n) is 7.92. The molecule has 0 saturated heterocycles. The topological polar surface area (TPSA) is 83.9 Å². The zero-order chi connectivity index (χ0) is 24.1. The number of ether oxygens (including phenoxy) is 3. The lowest BCUT2D eigenvalue weighted by Gasteiger charge is -2.15. The Kier molecular flexibility index (Phi) is 7.33. The Bertz CT molecular complexity index is 1250. The van der Waals surface area contributed by atoms with Gasteiger partial charge in [0.1, 0.15) is 29.4 Å². The first-order valence-electron chi connectivity index (χ1n) is 11.4. The molecule has 0 amide bonds. The fourth-order valence-electron chi connectivity index (χ4n) is 3.84. The number of methoxy groups -OCH3 is 1. The Morgan fingerprint density at radius 3 is 2.59 bits per heavy atom. The summed E-state index contributed by atoms with van der Waals surface area (Å²) in [5.74, 6) is 1.54. The minimum atomic E-state index is -0.697. The number of nitrogens with zero attached hydrogens (tertiary/aromatic N) is 1. The summed E-state index contributed by atoms with van der Waals surface area (Å²) >= 11 is 0. The number of aromatic nitrogens is 1. The number of hydrogen-bond acceptors (Lipinski definition) is 7. The quantitative estimate of drug-likeness (QED) is 0.281. The molecule has 0 radical (unpaired) electrons. The number of hydrogen-bond donors (Lipinski definition) is 0. The van der Waals surface area contributed by atoms with Crippen molar-refractivity contribution in [3.8, 4) is 17.2 Å². The van der Waals surface area contributed by atoms with Crippen molar-refractivity contribution in [3.63, 3.8) is 0 Å². The van der Waals surface area contributed by atoms with Crippen LogP contribution in [-0.2, 0) is 33.7 Å². The molecule has 2 heterocycles. The first-order valence-corrected chi connectivity index (χ1v) is 11.4. The van der Waals surface area contributed by atoms with Gasteiger partial charge in [0.2, 0.25) is 5.89 Å². The van der Waals surface area contributed by atoms with Crippen molar-refractivity contribution in [2.45, 2.75) is 46.3 Å². The second-order valence-corrected chi connectivity index (χ2v) is 7.92. The molecule has 0 aliphatic carbocycles. The van der Waals surface area contributed by atoms with Crippen LogP contribution in [0.2, 0.25) is 0 Å². The zero-order valence-electron chi connectivity index (χ0n) is 19.9. The van der Waals surface area contributed by atoms with Gasteiger partial charge >= 0.3 is 5.97 Å². The van der Waals surface area contributed by atoms with Gasteiger partial charge in [0.15, 0.2) is 6.10 Å². The highest BCUT2D eigenvalue weighted by molar-refractivity contribution is 5.87.